The number of hydrogen-bond donors (Lipinski definition) is 0. The summed E-state index contributed by atoms with van der Waals surface area (Å²) in [4.78, 5) is 2.56. The van der Waals surface area contributed by atoms with Crippen molar-refractivity contribution in [1.29, 1.82) is 0 Å². The van der Waals surface area contributed by atoms with E-state index in [-0.39, 0.29) is 5.41 Å². The molecule has 2 heteroatoms. The number of para-hydroxylation sites is 2. The van der Waals surface area contributed by atoms with Gasteiger partial charge < -0.3 is 9.32 Å². The fraction of sp³-hybridized carbons (Fsp3) is 0.0690. The Morgan fingerprint density at radius 1 is 0.400 bits per heavy atom. The van der Waals surface area contributed by atoms with Crippen molar-refractivity contribution in [1.82, 2.24) is 0 Å². The minimum absolute atomic E-state index is 0.163. The minimum atomic E-state index is -0.617. The van der Waals surface area contributed by atoms with Crippen LogP contribution >= 0.6 is 0 Å². The summed E-state index contributed by atoms with van der Waals surface area (Å²) in [7, 11) is 0. The number of anilines is 3. The van der Waals surface area contributed by atoms with Crippen molar-refractivity contribution in [2.24, 2.45) is 0 Å². The molecule has 0 bridgehead atoms. The van der Waals surface area contributed by atoms with Gasteiger partial charge in [0.15, 0.2) is 0 Å². The number of fused-ring (bicyclic) bond motifs is 17. The summed E-state index contributed by atoms with van der Waals surface area (Å²) >= 11 is 0. The lowest BCUT2D eigenvalue weighted by atomic mass is 9.69. The molecular weight excluding hydrogens is 727 g/mol. The summed E-state index contributed by atoms with van der Waals surface area (Å²) < 4.78 is 6.89. The van der Waals surface area contributed by atoms with E-state index in [4.69, 9.17) is 4.42 Å². The molecule has 1 atom stereocenters. The normalized spacial score (nSPS) is 16.0. The minimum Gasteiger partial charge on any atom is -0.455 e. The van der Waals surface area contributed by atoms with Gasteiger partial charge in [-0.15, -0.1) is 0 Å². The van der Waals surface area contributed by atoms with Gasteiger partial charge >= 0.3 is 0 Å². The topological polar surface area (TPSA) is 16.4 Å². The summed E-state index contributed by atoms with van der Waals surface area (Å²) in [5.41, 5.74) is 22.3. The molecule has 0 saturated heterocycles. The molecule has 0 saturated carbocycles. The average molecular weight is 766 g/mol. The van der Waals surface area contributed by atoms with Crippen LogP contribution in [0.1, 0.15) is 47.2 Å². The highest BCUT2D eigenvalue weighted by atomic mass is 16.3. The Labute approximate surface area is 349 Å². The van der Waals surface area contributed by atoms with Crippen molar-refractivity contribution in [2.75, 3.05) is 4.90 Å². The Kier molecular flexibility index (Phi) is 6.74. The van der Waals surface area contributed by atoms with Gasteiger partial charge in [-0.2, -0.15) is 0 Å². The molecule has 1 unspecified atom stereocenters. The van der Waals surface area contributed by atoms with E-state index in [0.29, 0.717) is 0 Å². The molecule has 0 amide bonds. The molecule has 282 valence electrons. The standard InChI is InChI=1S/C58H39NO/c1-57(2)46-25-11-6-20-39(46)41-32-31-37(35-50(41)57)59(51-28-14-9-19-38(51)36-17-4-3-5-18-36)52-29-16-24-43-40-21-7-12-26-47(40)58(55(43)52)48-27-13-8-23-45(48)54-49(58)34-33-44-42-22-10-15-30-53(42)60-56(44)54/h3-35H,1-2H3. The number of hydrogen-bond acceptors (Lipinski definition) is 2. The van der Waals surface area contributed by atoms with Crippen LogP contribution in [0, 0.1) is 0 Å². The third kappa shape index (κ3) is 4.22. The first-order chi connectivity index (χ1) is 29.5. The first-order valence-electron chi connectivity index (χ1n) is 21.0. The zero-order valence-corrected chi connectivity index (χ0v) is 33.4. The van der Waals surface area contributed by atoms with E-state index < -0.39 is 5.41 Å². The lowest BCUT2D eigenvalue weighted by Crippen LogP contribution is -2.28. The predicted molar refractivity (Wildman–Crippen MR) is 248 cm³/mol. The van der Waals surface area contributed by atoms with Crippen molar-refractivity contribution in [2.45, 2.75) is 24.7 Å². The Morgan fingerprint density at radius 3 is 1.82 bits per heavy atom. The van der Waals surface area contributed by atoms with Gasteiger partial charge in [-0.1, -0.05) is 184 Å². The Bertz CT molecular complexity index is 3420. The maximum absolute atomic E-state index is 6.89. The Hall–Kier alpha value is -7.42. The van der Waals surface area contributed by atoms with Gasteiger partial charge in [0.1, 0.15) is 11.2 Å². The lowest BCUT2D eigenvalue weighted by Gasteiger charge is -2.36. The predicted octanol–water partition coefficient (Wildman–Crippen LogP) is 15.4. The van der Waals surface area contributed by atoms with Gasteiger partial charge in [0.25, 0.3) is 0 Å². The number of benzene rings is 9. The summed E-state index contributed by atoms with van der Waals surface area (Å²) in [6.45, 7) is 4.75. The van der Waals surface area contributed by atoms with E-state index >= 15 is 0 Å². The van der Waals surface area contributed by atoms with Gasteiger partial charge in [-0.3, -0.25) is 0 Å². The number of nitrogens with zero attached hydrogens (tertiary/aromatic N) is 1. The zero-order valence-electron chi connectivity index (χ0n) is 33.4. The van der Waals surface area contributed by atoms with Crippen LogP contribution in [-0.2, 0) is 10.8 Å². The average Bonchev–Trinajstić information content (AvgIpc) is 3.99. The largest absolute Gasteiger partial charge is 0.455 e. The number of furan rings is 1. The molecule has 10 aromatic rings. The van der Waals surface area contributed by atoms with E-state index in [2.05, 4.69) is 219 Å². The van der Waals surface area contributed by atoms with Crippen LogP contribution in [0.25, 0.3) is 66.4 Å². The van der Waals surface area contributed by atoms with Crippen LogP contribution in [-0.4, -0.2) is 0 Å². The smallest absolute Gasteiger partial charge is 0.143 e. The molecule has 1 heterocycles. The van der Waals surface area contributed by atoms with Gasteiger partial charge in [-0.05, 0) is 91.5 Å². The molecule has 1 spiro atoms. The van der Waals surface area contributed by atoms with Crippen molar-refractivity contribution in [3.63, 3.8) is 0 Å². The van der Waals surface area contributed by atoms with E-state index in [1.54, 1.807) is 0 Å². The maximum atomic E-state index is 6.89. The van der Waals surface area contributed by atoms with E-state index in [9.17, 15) is 0 Å². The van der Waals surface area contributed by atoms with Crippen LogP contribution in [0.4, 0.5) is 17.1 Å². The molecule has 3 aliphatic carbocycles. The maximum Gasteiger partial charge on any atom is 0.143 e. The van der Waals surface area contributed by atoms with Gasteiger partial charge in [0.05, 0.1) is 16.8 Å². The second kappa shape index (κ2) is 12.1. The van der Waals surface area contributed by atoms with E-state index in [1.807, 2.05) is 0 Å². The highest BCUT2D eigenvalue weighted by Gasteiger charge is 2.54. The van der Waals surface area contributed by atoms with Gasteiger partial charge in [0, 0.05) is 38.6 Å². The van der Waals surface area contributed by atoms with Crippen LogP contribution in [0.5, 0.6) is 0 Å². The molecule has 3 aliphatic rings. The fourth-order valence-corrected chi connectivity index (χ4v) is 11.4. The summed E-state index contributed by atoms with van der Waals surface area (Å²) in [5, 5.41) is 2.29. The molecule has 0 aliphatic heterocycles. The molecule has 2 nitrogen and oxygen atoms in total. The quantitative estimate of drug-likeness (QED) is 0.177. The second-order valence-corrected chi connectivity index (χ2v) is 17.1. The summed E-state index contributed by atoms with van der Waals surface area (Å²) in [6.07, 6.45) is 0. The van der Waals surface area contributed by atoms with Crippen molar-refractivity contribution in [3.8, 4) is 44.5 Å². The van der Waals surface area contributed by atoms with Crippen LogP contribution in [0.15, 0.2) is 205 Å². The molecule has 60 heavy (non-hydrogen) atoms. The second-order valence-electron chi connectivity index (χ2n) is 17.1. The van der Waals surface area contributed by atoms with Crippen LogP contribution in [0.2, 0.25) is 0 Å². The van der Waals surface area contributed by atoms with Crippen LogP contribution < -0.4 is 4.90 Å². The first kappa shape index (κ1) is 33.5. The first-order valence-corrected chi connectivity index (χ1v) is 21.0. The third-order valence-corrected chi connectivity index (χ3v) is 13.9. The molecule has 13 rings (SSSR count). The molecular formula is C58H39NO. The van der Waals surface area contributed by atoms with Gasteiger partial charge in [0.2, 0.25) is 0 Å². The van der Waals surface area contributed by atoms with Crippen LogP contribution in [0.3, 0.4) is 0 Å². The molecule has 0 fully saturated rings. The molecule has 1 aromatic heterocycles. The third-order valence-electron chi connectivity index (χ3n) is 13.9. The molecule has 0 radical (unpaired) electrons. The Balaban J connectivity index is 1.16. The van der Waals surface area contributed by atoms with Crippen molar-refractivity contribution >= 4 is 39.0 Å². The van der Waals surface area contributed by atoms with E-state index in [1.165, 1.54) is 77.9 Å². The Morgan fingerprint density at radius 2 is 1.00 bits per heavy atom. The summed E-state index contributed by atoms with van der Waals surface area (Å²) in [5.74, 6) is 0. The lowest BCUT2D eigenvalue weighted by molar-refractivity contribution is 0.660. The monoisotopic (exact) mass is 765 g/mol. The molecule has 0 N–H and O–H groups in total. The summed E-state index contributed by atoms with van der Waals surface area (Å²) in [6, 6.07) is 74.2. The number of rotatable bonds is 4. The van der Waals surface area contributed by atoms with Crippen molar-refractivity contribution < 1.29 is 4.42 Å². The zero-order chi connectivity index (χ0) is 39.7. The van der Waals surface area contributed by atoms with Gasteiger partial charge in [-0.25, -0.2) is 0 Å². The highest BCUT2D eigenvalue weighted by molar-refractivity contribution is 6.13. The van der Waals surface area contributed by atoms with E-state index in [0.717, 1.165) is 39.0 Å². The molecule has 9 aromatic carbocycles. The fourth-order valence-electron chi connectivity index (χ4n) is 11.4. The van der Waals surface area contributed by atoms with Crippen molar-refractivity contribution in [3.05, 3.63) is 234 Å². The SMILES string of the molecule is CC1(C)c2ccccc2-c2ccc(N(c3ccccc3-c3ccccc3)c3cccc4c3C3(c5ccccc5-4)c4ccccc4-c4c3ccc3c4oc4ccccc43)cc21. The highest BCUT2D eigenvalue weighted by Crippen LogP contribution is 2.67.